The van der Waals surface area contributed by atoms with E-state index in [4.69, 9.17) is 4.74 Å². The van der Waals surface area contributed by atoms with E-state index < -0.39 is 11.5 Å². The zero-order valence-electron chi connectivity index (χ0n) is 17.6. The van der Waals surface area contributed by atoms with E-state index in [1.807, 2.05) is 30.3 Å². The predicted molar refractivity (Wildman–Crippen MR) is 135 cm³/mol. The van der Waals surface area contributed by atoms with Crippen molar-refractivity contribution >= 4 is 42.8 Å². The topological polar surface area (TPSA) is 57.3 Å². The molecule has 0 spiro atoms. The van der Waals surface area contributed by atoms with Crippen LogP contribution in [-0.4, -0.2) is 21.6 Å². The quantitative estimate of drug-likeness (QED) is 0.204. The SMILES string of the molecule is O=[N+]([O-])[C@@]12CCc3c(c4ccccc4n3Cc3ccccc3)[C@@H]1c1cc(Br)cc(Br)c1OC2. The zero-order valence-corrected chi connectivity index (χ0v) is 20.8. The first-order valence-electron chi connectivity index (χ1n) is 10.9. The lowest BCUT2D eigenvalue weighted by molar-refractivity contribution is -0.579. The third-order valence-corrected chi connectivity index (χ3v) is 8.15. The standard InChI is InChI=1S/C26H20Br2N2O3/c27-17-12-19-24-23-18-8-4-5-9-21(18)29(14-16-6-2-1-3-7-16)22(23)10-11-26(24,30(31)32)15-33-25(19)20(28)13-17/h1-9,12-13,24H,10-11,14-15H2/t24-,26+/m0/s1. The summed E-state index contributed by atoms with van der Waals surface area (Å²) in [6.07, 6.45) is 1.08. The summed E-state index contributed by atoms with van der Waals surface area (Å²) in [7, 11) is 0. The third-order valence-electron chi connectivity index (χ3n) is 7.10. The molecular weight excluding hydrogens is 548 g/mol. The Hall–Kier alpha value is -2.64. The van der Waals surface area contributed by atoms with Crippen LogP contribution in [0.4, 0.5) is 0 Å². The molecule has 1 aliphatic heterocycles. The Morgan fingerprint density at radius 2 is 1.85 bits per heavy atom. The minimum absolute atomic E-state index is 0.0650. The highest BCUT2D eigenvalue weighted by molar-refractivity contribution is 9.11. The summed E-state index contributed by atoms with van der Waals surface area (Å²) in [4.78, 5) is 12.5. The van der Waals surface area contributed by atoms with Crippen molar-refractivity contribution in [2.24, 2.45) is 0 Å². The molecule has 7 heteroatoms. The normalized spacial score (nSPS) is 21.1. The van der Waals surface area contributed by atoms with Gasteiger partial charge in [-0.3, -0.25) is 10.1 Å². The number of aromatic nitrogens is 1. The lowest BCUT2D eigenvalue weighted by Gasteiger charge is -2.41. The third kappa shape index (κ3) is 3.09. The van der Waals surface area contributed by atoms with Crippen molar-refractivity contribution in [2.75, 3.05) is 6.61 Å². The molecule has 0 amide bonds. The molecule has 4 aromatic rings. The fourth-order valence-corrected chi connectivity index (χ4v) is 7.04. The Bertz CT molecular complexity index is 1420. The van der Waals surface area contributed by atoms with Gasteiger partial charge in [0.25, 0.3) is 5.54 Å². The van der Waals surface area contributed by atoms with Crippen LogP contribution in [0.15, 0.2) is 75.7 Å². The fraction of sp³-hybridized carbons (Fsp3) is 0.231. The molecule has 0 saturated heterocycles. The minimum atomic E-state index is -1.19. The minimum Gasteiger partial charge on any atom is -0.485 e. The molecule has 3 aromatic carbocycles. The molecule has 33 heavy (non-hydrogen) atoms. The Morgan fingerprint density at radius 3 is 2.64 bits per heavy atom. The van der Waals surface area contributed by atoms with E-state index in [1.165, 1.54) is 11.3 Å². The second-order valence-corrected chi connectivity index (χ2v) is 10.6. The van der Waals surface area contributed by atoms with E-state index in [0.717, 1.165) is 37.5 Å². The van der Waals surface area contributed by atoms with E-state index in [2.05, 4.69) is 72.8 Å². The molecule has 2 heterocycles. The van der Waals surface area contributed by atoms with Crippen LogP contribution in [0.2, 0.25) is 0 Å². The van der Waals surface area contributed by atoms with Crippen molar-refractivity contribution in [1.82, 2.24) is 4.57 Å². The summed E-state index contributed by atoms with van der Waals surface area (Å²) >= 11 is 7.20. The highest BCUT2D eigenvalue weighted by Crippen LogP contribution is 2.55. The van der Waals surface area contributed by atoms with Gasteiger partial charge < -0.3 is 9.30 Å². The molecule has 0 radical (unpaired) electrons. The molecule has 0 N–H and O–H groups in total. The maximum absolute atomic E-state index is 12.6. The van der Waals surface area contributed by atoms with Crippen molar-refractivity contribution in [3.05, 3.63) is 108 Å². The van der Waals surface area contributed by atoms with Gasteiger partial charge in [0.15, 0.2) is 6.61 Å². The molecule has 1 aliphatic carbocycles. The number of benzene rings is 3. The van der Waals surface area contributed by atoms with E-state index in [1.54, 1.807) is 0 Å². The van der Waals surface area contributed by atoms with Crippen LogP contribution in [0, 0.1) is 10.1 Å². The Labute approximate surface area is 207 Å². The van der Waals surface area contributed by atoms with E-state index >= 15 is 0 Å². The maximum atomic E-state index is 12.6. The molecule has 6 rings (SSSR count). The lowest BCUT2D eigenvalue weighted by atomic mass is 9.67. The molecule has 0 unspecified atom stereocenters. The number of hydrogen-bond acceptors (Lipinski definition) is 3. The van der Waals surface area contributed by atoms with Crippen LogP contribution in [0.1, 0.15) is 34.7 Å². The Morgan fingerprint density at radius 1 is 1.09 bits per heavy atom. The highest BCUT2D eigenvalue weighted by Gasteiger charge is 2.59. The summed E-state index contributed by atoms with van der Waals surface area (Å²) in [5.74, 6) is 0.309. The first kappa shape index (κ1) is 20.9. The number of nitro groups is 1. The van der Waals surface area contributed by atoms with Gasteiger partial charge in [0.05, 0.1) is 10.4 Å². The largest absolute Gasteiger partial charge is 0.485 e. The maximum Gasteiger partial charge on any atom is 0.266 e. The van der Waals surface area contributed by atoms with Gasteiger partial charge in [-0.2, -0.15) is 0 Å². The van der Waals surface area contributed by atoms with E-state index in [-0.39, 0.29) is 11.5 Å². The fourth-order valence-electron chi connectivity index (χ4n) is 5.66. The molecule has 166 valence electrons. The second-order valence-electron chi connectivity index (χ2n) is 8.84. The van der Waals surface area contributed by atoms with Crippen molar-refractivity contribution < 1.29 is 9.66 Å². The summed E-state index contributed by atoms with van der Waals surface area (Å²) in [5, 5.41) is 13.7. The number of hydrogen-bond donors (Lipinski definition) is 0. The molecule has 0 fully saturated rings. The molecule has 2 atom stereocenters. The number of halogens is 2. The summed E-state index contributed by atoms with van der Waals surface area (Å²) in [6, 6.07) is 22.6. The average Bonchev–Trinajstić information content (AvgIpc) is 3.12. The molecule has 0 bridgehead atoms. The first-order valence-corrected chi connectivity index (χ1v) is 12.5. The van der Waals surface area contributed by atoms with Crippen molar-refractivity contribution in [3.63, 3.8) is 0 Å². The summed E-state index contributed by atoms with van der Waals surface area (Å²) < 4.78 is 10.1. The predicted octanol–water partition coefficient (Wildman–Crippen LogP) is 6.70. The average molecular weight is 568 g/mol. The second kappa shape index (κ2) is 7.71. The van der Waals surface area contributed by atoms with Crippen LogP contribution >= 0.6 is 31.9 Å². The highest BCUT2D eigenvalue weighted by atomic mass is 79.9. The number of fused-ring (bicyclic) bond motifs is 7. The number of para-hydroxylation sites is 1. The van der Waals surface area contributed by atoms with Gasteiger partial charge in [0, 0.05) is 44.5 Å². The molecule has 2 aliphatic rings. The molecule has 0 saturated carbocycles. The van der Waals surface area contributed by atoms with Gasteiger partial charge in [0.2, 0.25) is 0 Å². The van der Waals surface area contributed by atoms with Crippen LogP contribution < -0.4 is 4.74 Å². The number of ether oxygens (including phenoxy) is 1. The molecular formula is C26H20Br2N2O3. The summed E-state index contributed by atoms with van der Waals surface area (Å²) in [5.41, 5.74) is 4.26. The molecule has 1 aromatic heterocycles. The van der Waals surface area contributed by atoms with E-state index in [0.29, 0.717) is 18.6 Å². The van der Waals surface area contributed by atoms with E-state index in [9.17, 15) is 10.1 Å². The Balaban J connectivity index is 1.66. The van der Waals surface area contributed by atoms with Gasteiger partial charge in [0.1, 0.15) is 5.75 Å². The number of rotatable bonds is 3. The monoisotopic (exact) mass is 566 g/mol. The smallest absolute Gasteiger partial charge is 0.266 e. The van der Waals surface area contributed by atoms with Gasteiger partial charge >= 0.3 is 0 Å². The number of nitrogens with zero attached hydrogens (tertiary/aromatic N) is 2. The van der Waals surface area contributed by atoms with Crippen molar-refractivity contribution in [1.29, 1.82) is 0 Å². The van der Waals surface area contributed by atoms with Crippen molar-refractivity contribution in [2.45, 2.75) is 30.8 Å². The summed E-state index contributed by atoms with van der Waals surface area (Å²) in [6.45, 7) is 0.802. The van der Waals surface area contributed by atoms with Crippen LogP contribution in [0.25, 0.3) is 10.9 Å². The van der Waals surface area contributed by atoms with Gasteiger partial charge in [-0.05, 0) is 51.7 Å². The molecule has 5 nitrogen and oxygen atoms in total. The van der Waals surface area contributed by atoms with Gasteiger partial charge in [-0.25, -0.2) is 0 Å². The van der Waals surface area contributed by atoms with Crippen molar-refractivity contribution in [3.8, 4) is 5.75 Å². The lowest BCUT2D eigenvalue weighted by Crippen LogP contribution is -2.54. The van der Waals surface area contributed by atoms with Gasteiger partial charge in [-0.1, -0.05) is 64.5 Å². The Kier molecular flexibility index (Phi) is 4.89. The zero-order chi connectivity index (χ0) is 22.7. The van der Waals surface area contributed by atoms with Gasteiger partial charge in [-0.15, -0.1) is 0 Å². The van der Waals surface area contributed by atoms with Crippen LogP contribution in [0.5, 0.6) is 5.75 Å². The van der Waals surface area contributed by atoms with Crippen LogP contribution in [0.3, 0.4) is 0 Å². The van der Waals surface area contributed by atoms with Crippen LogP contribution in [-0.2, 0) is 13.0 Å². The first-order chi connectivity index (χ1) is 16.0.